The highest BCUT2D eigenvalue weighted by Gasteiger charge is 2.30. The highest BCUT2D eigenvalue weighted by molar-refractivity contribution is 6.35. The smallest absolute Gasteiger partial charge is 0.230 e. The molecule has 7 heteroatoms. The molecule has 0 atom stereocenters. The summed E-state index contributed by atoms with van der Waals surface area (Å²) in [5.41, 5.74) is 2.34. The van der Waals surface area contributed by atoms with E-state index in [0.29, 0.717) is 20.2 Å². The molecule has 1 N–H and O–H groups in total. The summed E-state index contributed by atoms with van der Waals surface area (Å²) in [6.45, 7) is 3.90. The van der Waals surface area contributed by atoms with Crippen molar-refractivity contribution in [2.75, 3.05) is 0 Å². The summed E-state index contributed by atoms with van der Waals surface area (Å²) in [4.78, 5) is 17.1. The number of hydrogen-bond donors (Lipinski definition) is 1. The number of carbonyl (C=O) groups excluding carboxylic acids is 1. The van der Waals surface area contributed by atoms with Crippen LogP contribution in [-0.2, 0) is 16.8 Å². The van der Waals surface area contributed by atoms with E-state index in [4.69, 9.17) is 46.4 Å². The van der Waals surface area contributed by atoms with Gasteiger partial charge in [-0.1, -0.05) is 64.6 Å². The average Bonchev–Trinajstić information content (AvgIpc) is 2.66. The number of aromatic nitrogens is 1. The topological polar surface area (TPSA) is 42.0 Å². The predicted octanol–water partition coefficient (Wildman–Crippen LogP) is 6.96. The Balaban J connectivity index is 1.86. The Morgan fingerprint density at radius 1 is 0.966 bits per heavy atom. The Morgan fingerprint density at radius 2 is 1.62 bits per heavy atom. The van der Waals surface area contributed by atoms with Crippen LogP contribution in [0, 0.1) is 0 Å². The Hall–Kier alpha value is -1.78. The lowest BCUT2D eigenvalue weighted by atomic mass is 9.83. The third kappa shape index (κ3) is 5.04. The van der Waals surface area contributed by atoms with E-state index >= 15 is 0 Å². The Kier molecular flexibility index (Phi) is 6.75. The number of rotatable bonds is 5. The first kappa shape index (κ1) is 21.9. The number of benzene rings is 2. The van der Waals surface area contributed by atoms with E-state index in [-0.39, 0.29) is 12.5 Å². The monoisotopic (exact) mass is 466 g/mol. The van der Waals surface area contributed by atoms with Gasteiger partial charge in [0.1, 0.15) is 5.15 Å². The van der Waals surface area contributed by atoms with Crippen LogP contribution in [0.3, 0.4) is 0 Å². The van der Waals surface area contributed by atoms with Crippen molar-refractivity contribution in [3.63, 3.8) is 0 Å². The SMILES string of the molecule is CC(C)(C(=O)NCc1cnc(Cl)cc1-c1ccccc1Cl)c1cc(Cl)cc(Cl)c1. The summed E-state index contributed by atoms with van der Waals surface area (Å²) in [5, 5.41) is 4.88. The molecule has 0 saturated heterocycles. The van der Waals surface area contributed by atoms with Gasteiger partial charge in [-0.15, -0.1) is 0 Å². The maximum Gasteiger partial charge on any atom is 0.230 e. The molecule has 0 aliphatic rings. The Bertz CT molecular complexity index is 1050. The minimum Gasteiger partial charge on any atom is -0.351 e. The third-order valence-electron chi connectivity index (χ3n) is 4.71. The van der Waals surface area contributed by atoms with Gasteiger partial charge in [0.05, 0.1) is 5.41 Å². The first-order chi connectivity index (χ1) is 13.7. The molecule has 1 amide bonds. The third-order valence-corrected chi connectivity index (χ3v) is 5.68. The van der Waals surface area contributed by atoms with Gasteiger partial charge in [0.2, 0.25) is 5.91 Å². The first-order valence-corrected chi connectivity index (χ1v) is 10.3. The summed E-state index contributed by atoms with van der Waals surface area (Å²) in [6.07, 6.45) is 1.64. The molecule has 150 valence electrons. The number of halogens is 4. The van der Waals surface area contributed by atoms with Crippen LogP contribution in [-0.4, -0.2) is 10.9 Å². The van der Waals surface area contributed by atoms with Gasteiger partial charge in [-0.2, -0.15) is 0 Å². The van der Waals surface area contributed by atoms with E-state index < -0.39 is 5.41 Å². The fraction of sp³-hybridized carbons (Fsp3) is 0.182. The molecule has 0 spiro atoms. The zero-order chi connectivity index (χ0) is 21.2. The molecule has 0 bridgehead atoms. The molecule has 29 heavy (non-hydrogen) atoms. The fourth-order valence-electron chi connectivity index (χ4n) is 2.97. The molecule has 0 radical (unpaired) electrons. The molecule has 0 unspecified atom stereocenters. The number of nitrogens with zero attached hydrogens (tertiary/aromatic N) is 1. The van der Waals surface area contributed by atoms with Gasteiger partial charge in [-0.3, -0.25) is 4.79 Å². The molecule has 0 aliphatic heterocycles. The van der Waals surface area contributed by atoms with E-state index in [1.54, 1.807) is 36.5 Å². The molecule has 1 heterocycles. The van der Waals surface area contributed by atoms with Crippen LogP contribution in [0.2, 0.25) is 20.2 Å². The largest absolute Gasteiger partial charge is 0.351 e. The lowest BCUT2D eigenvalue weighted by Crippen LogP contribution is -2.39. The zero-order valence-electron chi connectivity index (χ0n) is 15.8. The molecule has 0 saturated carbocycles. The molecule has 2 aromatic carbocycles. The number of amides is 1. The second-order valence-electron chi connectivity index (χ2n) is 7.11. The molecule has 0 aliphatic carbocycles. The van der Waals surface area contributed by atoms with Crippen LogP contribution in [0.5, 0.6) is 0 Å². The maximum absolute atomic E-state index is 13.0. The van der Waals surface area contributed by atoms with Gasteiger partial charge in [-0.25, -0.2) is 4.98 Å². The minimum absolute atomic E-state index is 0.170. The molecule has 3 rings (SSSR count). The summed E-state index contributed by atoms with van der Waals surface area (Å²) < 4.78 is 0. The second kappa shape index (κ2) is 8.93. The molecule has 1 aromatic heterocycles. The fourth-order valence-corrected chi connectivity index (χ4v) is 3.89. The van der Waals surface area contributed by atoms with Crippen molar-refractivity contribution in [3.8, 4) is 11.1 Å². The molecule has 3 nitrogen and oxygen atoms in total. The summed E-state index contributed by atoms with van der Waals surface area (Å²) in [7, 11) is 0. The average molecular weight is 468 g/mol. The molecular formula is C22H18Cl4N2O. The van der Waals surface area contributed by atoms with Crippen molar-refractivity contribution in [1.29, 1.82) is 0 Å². The van der Waals surface area contributed by atoms with Crippen LogP contribution >= 0.6 is 46.4 Å². The normalized spacial score (nSPS) is 11.4. The van der Waals surface area contributed by atoms with Crippen molar-refractivity contribution in [3.05, 3.63) is 86.1 Å². The highest BCUT2D eigenvalue weighted by atomic mass is 35.5. The first-order valence-electron chi connectivity index (χ1n) is 8.82. The van der Waals surface area contributed by atoms with E-state index in [2.05, 4.69) is 10.3 Å². The van der Waals surface area contributed by atoms with Crippen molar-refractivity contribution >= 4 is 52.3 Å². The van der Waals surface area contributed by atoms with Crippen molar-refractivity contribution in [2.24, 2.45) is 0 Å². The van der Waals surface area contributed by atoms with Crippen LogP contribution < -0.4 is 5.32 Å². The number of nitrogens with one attached hydrogen (secondary N) is 1. The zero-order valence-corrected chi connectivity index (χ0v) is 18.8. The van der Waals surface area contributed by atoms with Gasteiger partial charge in [0, 0.05) is 33.4 Å². The van der Waals surface area contributed by atoms with E-state index in [0.717, 1.165) is 22.3 Å². The van der Waals surface area contributed by atoms with Gasteiger partial charge in [0.25, 0.3) is 0 Å². The maximum atomic E-state index is 13.0. The molecular weight excluding hydrogens is 450 g/mol. The highest BCUT2D eigenvalue weighted by Crippen LogP contribution is 2.32. The minimum atomic E-state index is -0.834. The van der Waals surface area contributed by atoms with Crippen molar-refractivity contribution < 1.29 is 4.79 Å². The Morgan fingerprint density at radius 3 is 2.28 bits per heavy atom. The van der Waals surface area contributed by atoms with Gasteiger partial charge in [-0.05, 0) is 60.9 Å². The quantitative estimate of drug-likeness (QED) is 0.412. The summed E-state index contributed by atoms with van der Waals surface area (Å²) in [5.74, 6) is -0.170. The van der Waals surface area contributed by atoms with Crippen LogP contribution in [0.4, 0.5) is 0 Å². The second-order valence-corrected chi connectivity index (χ2v) is 8.78. The van der Waals surface area contributed by atoms with Crippen molar-refractivity contribution in [1.82, 2.24) is 10.3 Å². The lowest BCUT2D eigenvalue weighted by Gasteiger charge is -2.25. The van der Waals surface area contributed by atoms with Crippen LogP contribution in [0.1, 0.15) is 25.0 Å². The van der Waals surface area contributed by atoms with E-state index in [1.807, 2.05) is 32.0 Å². The van der Waals surface area contributed by atoms with Gasteiger partial charge >= 0.3 is 0 Å². The predicted molar refractivity (Wildman–Crippen MR) is 121 cm³/mol. The lowest BCUT2D eigenvalue weighted by molar-refractivity contribution is -0.125. The standard InChI is InChI=1S/C22H18Cl4N2O/c1-22(2,14-7-15(23)9-16(24)8-14)21(29)28-12-13-11-27-20(26)10-18(13)17-5-3-4-6-19(17)25/h3-11H,12H2,1-2H3,(H,28,29). The molecule has 0 fully saturated rings. The number of hydrogen-bond acceptors (Lipinski definition) is 2. The van der Waals surface area contributed by atoms with Gasteiger partial charge in [0.15, 0.2) is 0 Å². The van der Waals surface area contributed by atoms with E-state index in [9.17, 15) is 4.79 Å². The van der Waals surface area contributed by atoms with E-state index in [1.165, 1.54) is 0 Å². The summed E-state index contributed by atoms with van der Waals surface area (Å²) in [6, 6.07) is 14.3. The number of carbonyl (C=O) groups is 1. The van der Waals surface area contributed by atoms with Crippen molar-refractivity contribution in [2.45, 2.75) is 25.8 Å². The van der Waals surface area contributed by atoms with Gasteiger partial charge < -0.3 is 5.32 Å². The summed E-state index contributed by atoms with van der Waals surface area (Å²) >= 11 is 24.7. The van der Waals surface area contributed by atoms with Crippen LogP contribution in [0.25, 0.3) is 11.1 Å². The molecule has 3 aromatic rings. The van der Waals surface area contributed by atoms with Crippen LogP contribution in [0.15, 0.2) is 54.7 Å². The Labute approximate surface area is 190 Å². The number of pyridine rings is 1.